The number of carbonyl (C=O) groups is 1. The number of hydrogen-bond acceptors (Lipinski definition) is 2. The number of halogens is 2. The molecule has 0 radical (unpaired) electrons. The van der Waals surface area contributed by atoms with Gasteiger partial charge < -0.3 is 16.0 Å². The molecule has 2 aromatic rings. The van der Waals surface area contributed by atoms with Crippen LogP contribution in [-0.2, 0) is 11.2 Å². The molecule has 1 aromatic heterocycles. The molecule has 1 atom stereocenters. The van der Waals surface area contributed by atoms with Crippen LogP contribution in [0.2, 0.25) is 5.02 Å². The molecule has 4 nitrogen and oxygen atoms in total. The molecule has 0 spiro atoms. The molecule has 2 rings (SSSR count). The molecule has 1 unspecified atom stereocenters. The van der Waals surface area contributed by atoms with Crippen LogP contribution in [-0.4, -0.2) is 23.0 Å². The van der Waals surface area contributed by atoms with Gasteiger partial charge >= 0.3 is 0 Å². The third kappa shape index (κ3) is 4.38. The van der Waals surface area contributed by atoms with Crippen molar-refractivity contribution >= 4 is 40.8 Å². The molecule has 4 N–H and O–H groups in total. The summed E-state index contributed by atoms with van der Waals surface area (Å²) >= 11 is 6.03. The number of carbonyl (C=O) groups excluding carboxylic acids is 1. The molecular formula is C16H23Cl2N3O. The number of nitrogens with two attached hydrogens (primary N) is 1. The van der Waals surface area contributed by atoms with Crippen LogP contribution in [0.3, 0.4) is 0 Å². The van der Waals surface area contributed by atoms with Crippen molar-refractivity contribution in [2.45, 2.75) is 38.6 Å². The maximum absolute atomic E-state index is 12.0. The van der Waals surface area contributed by atoms with Crippen molar-refractivity contribution in [2.24, 2.45) is 5.73 Å². The molecule has 0 saturated heterocycles. The van der Waals surface area contributed by atoms with E-state index in [0.29, 0.717) is 18.0 Å². The van der Waals surface area contributed by atoms with Gasteiger partial charge in [-0.15, -0.1) is 12.4 Å². The number of aromatic amines is 1. The predicted octanol–water partition coefficient (Wildman–Crippen LogP) is 3.42. The summed E-state index contributed by atoms with van der Waals surface area (Å²) in [5, 5.41) is 4.73. The van der Waals surface area contributed by atoms with E-state index in [1.807, 2.05) is 31.3 Å². The second kappa shape index (κ2) is 7.86. The fraction of sp³-hybridized carbons (Fsp3) is 0.438. The zero-order valence-electron chi connectivity index (χ0n) is 12.9. The first kappa shape index (κ1) is 18.8. The first-order valence-corrected chi connectivity index (χ1v) is 7.64. The number of benzene rings is 1. The van der Waals surface area contributed by atoms with Crippen molar-refractivity contribution < 1.29 is 4.79 Å². The summed E-state index contributed by atoms with van der Waals surface area (Å²) in [6.07, 6.45) is 4.28. The molecule has 1 heterocycles. The molecule has 0 bridgehead atoms. The Kier molecular flexibility index (Phi) is 6.72. The van der Waals surface area contributed by atoms with Gasteiger partial charge in [0.05, 0.1) is 5.54 Å². The van der Waals surface area contributed by atoms with Crippen LogP contribution in [0.25, 0.3) is 10.9 Å². The van der Waals surface area contributed by atoms with Gasteiger partial charge in [-0.3, -0.25) is 4.79 Å². The third-order valence-electron chi connectivity index (χ3n) is 3.70. The highest BCUT2D eigenvalue weighted by Crippen LogP contribution is 2.22. The smallest absolute Gasteiger partial charge is 0.239 e. The monoisotopic (exact) mass is 343 g/mol. The van der Waals surface area contributed by atoms with E-state index in [1.165, 1.54) is 0 Å². The maximum atomic E-state index is 12.0. The molecule has 0 aliphatic rings. The highest BCUT2D eigenvalue weighted by molar-refractivity contribution is 6.31. The van der Waals surface area contributed by atoms with E-state index < -0.39 is 5.54 Å². The van der Waals surface area contributed by atoms with Gasteiger partial charge in [-0.05, 0) is 43.5 Å². The van der Waals surface area contributed by atoms with Gasteiger partial charge in [0.15, 0.2) is 0 Å². The minimum absolute atomic E-state index is 0. The number of nitrogens with one attached hydrogen (secondary N) is 2. The number of rotatable bonds is 6. The Labute approximate surface area is 142 Å². The molecule has 0 aliphatic carbocycles. The minimum Gasteiger partial charge on any atom is -0.361 e. The van der Waals surface area contributed by atoms with Crippen molar-refractivity contribution in [3.05, 3.63) is 35.0 Å². The number of amides is 1. The van der Waals surface area contributed by atoms with Crippen LogP contribution >= 0.6 is 24.0 Å². The van der Waals surface area contributed by atoms with Crippen LogP contribution in [0.4, 0.5) is 0 Å². The van der Waals surface area contributed by atoms with Crippen LogP contribution in [0, 0.1) is 0 Å². The van der Waals surface area contributed by atoms with E-state index in [9.17, 15) is 4.79 Å². The van der Waals surface area contributed by atoms with Crippen molar-refractivity contribution in [1.29, 1.82) is 0 Å². The maximum Gasteiger partial charge on any atom is 0.239 e. The van der Waals surface area contributed by atoms with Gasteiger partial charge in [0.2, 0.25) is 5.91 Å². The SMILES string of the molecule is CCCC(C)(N)C(=O)NCCc1c[nH]c2ccc(Cl)cc12.Cl. The highest BCUT2D eigenvalue weighted by Gasteiger charge is 2.26. The number of fused-ring (bicyclic) bond motifs is 1. The number of hydrogen-bond donors (Lipinski definition) is 3. The molecule has 1 amide bonds. The van der Waals surface area contributed by atoms with E-state index in [2.05, 4.69) is 10.3 Å². The average Bonchev–Trinajstić information content (AvgIpc) is 2.81. The van der Waals surface area contributed by atoms with E-state index in [4.69, 9.17) is 17.3 Å². The summed E-state index contributed by atoms with van der Waals surface area (Å²) in [5.74, 6) is -0.0952. The first-order valence-electron chi connectivity index (χ1n) is 7.26. The normalized spacial score (nSPS) is 13.5. The fourth-order valence-corrected chi connectivity index (χ4v) is 2.68. The molecule has 22 heavy (non-hydrogen) atoms. The fourth-order valence-electron chi connectivity index (χ4n) is 2.50. The Morgan fingerprint density at radius 3 is 2.86 bits per heavy atom. The lowest BCUT2D eigenvalue weighted by Crippen LogP contribution is -2.51. The van der Waals surface area contributed by atoms with Crippen LogP contribution in [0.5, 0.6) is 0 Å². The van der Waals surface area contributed by atoms with Crippen LogP contribution < -0.4 is 11.1 Å². The lowest BCUT2D eigenvalue weighted by Gasteiger charge is -2.22. The summed E-state index contributed by atoms with van der Waals surface area (Å²) in [4.78, 5) is 15.2. The van der Waals surface area contributed by atoms with Crippen molar-refractivity contribution in [3.8, 4) is 0 Å². The zero-order valence-corrected chi connectivity index (χ0v) is 14.5. The molecular weight excluding hydrogens is 321 g/mol. The minimum atomic E-state index is -0.793. The summed E-state index contributed by atoms with van der Waals surface area (Å²) in [6.45, 7) is 4.36. The number of aromatic nitrogens is 1. The second-order valence-electron chi connectivity index (χ2n) is 5.68. The molecule has 122 valence electrons. The summed E-state index contributed by atoms with van der Waals surface area (Å²) in [5.41, 5.74) is 7.40. The molecule has 6 heteroatoms. The lowest BCUT2D eigenvalue weighted by atomic mass is 9.96. The van der Waals surface area contributed by atoms with Gasteiger partial charge in [0, 0.05) is 28.7 Å². The Morgan fingerprint density at radius 2 is 2.18 bits per heavy atom. The van der Waals surface area contributed by atoms with Gasteiger partial charge in [0.25, 0.3) is 0 Å². The van der Waals surface area contributed by atoms with Gasteiger partial charge in [-0.2, -0.15) is 0 Å². The van der Waals surface area contributed by atoms with E-state index >= 15 is 0 Å². The number of H-pyrrole nitrogens is 1. The topological polar surface area (TPSA) is 70.9 Å². The highest BCUT2D eigenvalue weighted by atomic mass is 35.5. The van der Waals surface area contributed by atoms with Crippen LogP contribution in [0.1, 0.15) is 32.3 Å². The Balaban J connectivity index is 0.00000242. The van der Waals surface area contributed by atoms with E-state index in [-0.39, 0.29) is 18.3 Å². The lowest BCUT2D eigenvalue weighted by molar-refractivity contribution is -0.126. The third-order valence-corrected chi connectivity index (χ3v) is 3.93. The second-order valence-corrected chi connectivity index (χ2v) is 6.11. The molecule has 0 aliphatic heterocycles. The summed E-state index contributed by atoms with van der Waals surface area (Å²) in [6, 6.07) is 5.75. The quantitative estimate of drug-likeness (QED) is 0.751. The van der Waals surface area contributed by atoms with Crippen molar-refractivity contribution in [1.82, 2.24) is 10.3 Å². The van der Waals surface area contributed by atoms with Gasteiger partial charge in [-0.25, -0.2) is 0 Å². The Morgan fingerprint density at radius 1 is 1.45 bits per heavy atom. The Bertz CT molecular complexity index is 637. The predicted molar refractivity (Wildman–Crippen MR) is 94.8 cm³/mol. The molecule has 0 fully saturated rings. The van der Waals surface area contributed by atoms with Gasteiger partial charge in [-0.1, -0.05) is 24.9 Å². The van der Waals surface area contributed by atoms with Crippen LogP contribution in [0.15, 0.2) is 24.4 Å². The van der Waals surface area contributed by atoms with E-state index in [1.54, 1.807) is 6.92 Å². The first-order chi connectivity index (χ1) is 9.94. The Hall–Kier alpha value is -1.23. The summed E-state index contributed by atoms with van der Waals surface area (Å²) < 4.78 is 0. The van der Waals surface area contributed by atoms with Crippen molar-refractivity contribution in [2.75, 3.05) is 6.54 Å². The van der Waals surface area contributed by atoms with Gasteiger partial charge in [0.1, 0.15) is 0 Å². The van der Waals surface area contributed by atoms with E-state index in [0.717, 1.165) is 29.3 Å². The average molecular weight is 344 g/mol. The summed E-state index contributed by atoms with van der Waals surface area (Å²) in [7, 11) is 0. The standard InChI is InChI=1S/C16H22ClN3O.ClH/c1-3-7-16(2,18)15(21)19-8-6-11-10-20-14-5-4-12(17)9-13(11)14;/h4-5,9-10,20H,3,6-8,18H2,1-2H3,(H,19,21);1H. The molecule has 1 aromatic carbocycles. The largest absolute Gasteiger partial charge is 0.361 e. The zero-order chi connectivity index (χ0) is 15.5. The molecule has 0 saturated carbocycles. The van der Waals surface area contributed by atoms with Crippen molar-refractivity contribution in [3.63, 3.8) is 0 Å².